The van der Waals surface area contributed by atoms with Crippen LogP contribution in [0.4, 0.5) is 9.18 Å². The smallest absolute Gasteiger partial charge is 0.320 e. The number of carbonyl (C=O) groups excluding carboxylic acids is 1. The third kappa shape index (κ3) is 3.40. The minimum Gasteiger partial charge on any atom is -0.324 e. The third-order valence-corrected chi connectivity index (χ3v) is 5.14. The van der Waals surface area contributed by atoms with Crippen LogP contribution in [0.2, 0.25) is 0 Å². The van der Waals surface area contributed by atoms with E-state index in [9.17, 15) is 14.4 Å². The molecule has 0 unspecified atom stereocenters. The van der Waals surface area contributed by atoms with Crippen molar-refractivity contribution in [3.63, 3.8) is 0 Å². The van der Waals surface area contributed by atoms with Crippen LogP contribution in [0.25, 0.3) is 5.57 Å². The van der Waals surface area contributed by atoms with Crippen molar-refractivity contribution < 1.29 is 9.18 Å². The van der Waals surface area contributed by atoms with Gasteiger partial charge in [0.05, 0.1) is 36.6 Å². The molecule has 8 heteroatoms. The predicted octanol–water partition coefficient (Wildman–Crippen LogP) is 2.43. The molecule has 2 aliphatic rings. The maximum atomic E-state index is 13.1. The molecule has 2 aromatic rings. The number of piperidine rings is 1. The molecule has 138 valence electrons. The van der Waals surface area contributed by atoms with E-state index in [1.807, 2.05) is 14.5 Å². The van der Waals surface area contributed by atoms with Crippen LogP contribution < -0.4 is 0 Å². The fourth-order valence-electron chi connectivity index (χ4n) is 3.63. The summed E-state index contributed by atoms with van der Waals surface area (Å²) in [4.78, 5) is 16.5. The highest BCUT2D eigenvalue weighted by atomic mass is 19.1. The molecule has 4 rings (SSSR count). The summed E-state index contributed by atoms with van der Waals surface area (Å²) in [6.45, 7) is 2.95. The lowest BCUT2D eigenvalue weighted by molar-refractivity contribution is 0.136. The lowest BCUT2D eigenvalue weighted by Gasteiger charge is -2.35. The Morgan fingerprint density at radius 2 is 1.81 bits per heavy atom. The highest BCUT2D eigenvalue weighted by molar-refractivity contribution is 5.80. The molecule has 1 saturated heterocycles. The molecule has 1 aromatic carbocycles. The summed E-state index contributed by atoms with van der Waals surface area (Å²) < 4.78 is 15.0. The lowest BCUT2D eigenvalue weighted by Crippen LogP contribution is -2.48. The van der Waals surface area contributed by atoms with Crippen molar-refractivity contribution in [1.29, 1.82) is 5.26 Å². The van der Waals surface area contributed by atoms with Gasteiger partial charge in [-0.15, -0.1) is 5.10 Å². The molecule has 0 spiro atoms. The van der Waals surface area contributed by atoms with Gasteiger partial charge < -0.3 is 9.80 Å². The Labute approximate surface area is 156 Å². The molecule has 0 atom stereocenters. The van der Waals surface area contributed by atoms with Crippen molar-refractivity contribution in [3.05, 3.63) is 53.1 Å². The standard InChI is InChI=1S/C19H19FN6O/c20-16-3-1-14(2-4-16)18(11-21)15-5-7-24(8-6-15)19(27)25-9-10-26-17(13-25)12-22-23-26/h1-4,12H,5-10,13H2. The SMILES string of the molecule is N#CC(=C1CCN(C(=O)N2CCn3nncc3C2)CC1)c1ccc(F)cc1. The van der Waals surface area contributed by atoms with Gasteiger partial charge in [0.2, 0.25) is 0 Å². The van der Waals surface area contributed by atoms with Crippen LogP contribution >= 0.6 is 0 Å². The Kier molecular flexibility index (Phi) is 4.59. The second kappa shape index (κ2) is 7.19. The number of urea groups is 1. The van der Waals surface area contributed by atoms with E-state index < -0.39 is 0 Å². The zero-order valence-corrected chi connectivity index (χ0v) is 14.8. The van der Waals surface area contributed by atoms with E-state index in [0.29, 0.717) is 51.1 Å². The van der Waals surface area contributed by atoms with Crippen molar-refractivity contribution in [2.75, 3.05) is 19.6 Å². The van der Waals surface area contributed by atoms with Gasteiger partial charge in [0.15, 0.2) is 0 Å². The highest BCUT2D eigenvalue weighted by Gasteiger charge is 2.28. The summed E-state index contributed by atoms with van der Waals surface area (Å²) in [5.41, 5.74) is 3.28. The van der Waals surface area contributed by atoms with Crippen molar-refractivity contribution in [1.82, 2.24) is 24.8 Å². The van der Waals surface area contributed by atoms with Crippen LogP contribution in [0.5, 0.6) is 0 Å². The Bertz CT molecular complexity index is 916. The summed E-state index contributed by atoms with van der Waals surface area (Å²) in [5, 5.41) is 17.4. The van der Waals surface area contributed by atoms with E-state index in [2.05, 4.69) is 16.4 Å². The number of carbonyl (C=O) groups is 1. The summed E-state index contributed by atoms with van der Waals surface area (Å²) >= 11 is 0. The van der Waals surface area contributed by atoms with Crippen molar-refractivity contribution in [3.8, 4) is 6.07 Å². The maximum absolute atomic E-state index is 13.1. The van der Waals surface area contributed by atoms with Gasteiger partial charge in [0, 0.05) is 19.6 Å². The van der Waals surface area contributed by atoms with Gasteiger partial charge >= 0.3 is 6.03 Å². The monoisotopic (exact) mass is 366 g/mol. The lowest BCUT2D eigenvalue weighted by atomic mass is 9.94. The van der Waals surface area contributed by atoms with E-state index >= 15 is 0 Å². The minimum absolute atomic E-state index is 0.0155. The van der Waals surface area contributed by atoms with E-state index in [4.69, 9.17) is 0 Å². The summed E-state index contributed by atoms with van der Waals surface area (Å²) in [5.74, 6) is -0.320. The number of aromatic nitrogens is 3. The van der Waals surface area contributed by atoms with Gasteiger partial charge in [-0.05, 0) is 36.1 Å². The van der Waals surface area contributed by atoms with E-state index in [0.717, 1.165) is 16.8 Å². The van der Waals surface area contributed by atoms with E-state index in [1.165, 1.54) is 12.1 Å². The molecule has 7 nitrogen and oxygen atoms in total. The first kappa shape index (κ1) is 17.2. The molecule has 2 amide bonds. The zero-order chi connectivity index (χ0) is 18.8. The van der Waals surface area contributed by atoms with Crippen LogP contribution in [-0.4, -0.2) is 50.5 Å². The fourth-order valence-corrected chi connectivity index (χ4v) is 3.63. The number of hydrogen-bond donors (Lipinski definition) is 0. The topological polar surface area (TPSA) is 78.0 Å². The molecule has 27 heavy (non-hydrogen) atoms. The fraction of sp³-hybridized carbons (Fsp3) is 0.368. The van der Waals surface area contributed by atoms with E-state index in [-0.39, 0.29) is 11.8 Å². The molecule has 0 bridgehead atoms. The predicted molar refractivity (Wildman–Crippen MR) is 95.6 cm³/mol. The quantitative estimate of drug-likeness (QED) is 0.726. The molecule has 3 heterocycles. The zero-order valence-electron chi connectivity index (χ0n) is 14.8. The molecule has 2 aliphatic heterocycles. The van der Waals surface area contributed by atoms with Crippen LogP contribution in [0, 0.1) is 17.1 Å². The van der Waals surface area contributed by atoms with Gasteiger partial charge in [-0.3, -0.25) is 0 Å². The molecule has 0 aliphatic carbocycles. The Morgan fingerprint density at radius 1 is 1.07 bits per heavy atom. The van der Waals surface area contributed by atoms with Gasteiger partial charge in [-0.25, -0.2) is 13.9 Å². The normalized spacial score (nSPS) is 16.7. The average Bonchev–Trinajstić information content (AvgIpc) is 3.18. The highest BCUT2D eigenvalue weighted by Crippen LogP contribution is 2.27. The van der Waals surface area contributed by atoms with Crippen molar-refractivity contribution >= 4 is 11.6 Å². The number of hydrogen-bond acceptors (Lipinski definition) is 4. The summed E-state index contributed by atoms with van der Waals surface area (Å²) in [7, 11) is 0. The number of nitrogens with zero attached hydrogens (tertiary/aromatic N) is 6. The van der Waals surface area contributed by atoms with Crippen LogP contribution in [0.15, 0.2) is 36.0 Å². The van der Waals surface area contributed by atoms with Crippen molar-refractivity contribution in [2.24, 2.45) is 0 Å². The number of benzene rings is 1. The molecular weight excluding hydrogens is 347 g/mol. The first-order valence-electron chi connectivity index (χ1n) is 8.95. The Hall–Kier alpha value is -3.21. The number of amides is 2. The largest absolute Gasteiger partial charge is 0.324 e. The van der Waals surface area contributed by atoms with Crippen molar-refractivity contribution in [2.45, 2.75) is 25.9 Å². The molecule has 0 N–H and O–H groups in total. The van der Waals surface area contributed by atoms with Gasteiger partial charge in [0.1, 0.15) is 5.82 Å². The Morgan fingerprint density at radius 3 is 2.52 bits per heavy atom. The van der Waals surface area contributed by atoms with Crippen LogP contribution in [-0.2, 0) is 13.1 Å². The third-order valence-electron chi connectivity index (χ3n) is 5.14. The summed E-state index contributed by atoms with van der Waals surface area (Å²) in [6, 6.07) is 8.25. The molecular formula is C19H19FN6O. The number of allylic oxidation sites excluding steroid dienone is 1. The molecule has 0 radical (unpaired) electrons. The second-order valence-electron chi connectivity index (χ2n) is 6.74. The van der Waals surface area contributed by atoms with Gasteiger partial charge in [0.25, 0.3) is 0 Å². The van der Waals surface area contributed by atoms with Crippen LogP contribution in [0.3, 0.4) is 0 Å². The van der Waals surface area contributed by atoms with Gasteiger partial charge in [-0.1, -0.05) is 17.3 Å². The number of halogens is 1. The summed E-state index contributed by atoms with van der Waals surface area (Å²) in [6.07, 6.45) is 3.00. The first-order chi connectivity index (χ1) is 13.2. The molecule has 0 saturated carbocycles. The number of nitriles is 1. The first-order valence-corrected chi connectivity index (χ1v) is 8.95. The number of likely N-dealkylation sites (tertiary alicyclic amines) is 1. The van der Waals surface area contributed by atoms with Gasteiger partial charge in [-0.2, -0.15) is 5.26 Å². The van der Waals surface area contributed by atoms with E-state index in [1.54, 1.807) is 18.3 Å². The Balaban J connectivity index is 1.43. The van der Waals surface area contributed by atoms with Crippen LogP contribution in [0.1, 0.15) is 24.1 Å². The maximum Gasteiger partial charge on any atom is 0.320 e. The number of rotatable bonds is 1. The minimum atomic E-state index is -0.320. The molecule has 1 aromatic heterocycles. The molecule has 1 fully saturated rings. The second-order valence-corrected chi connectivity index (χ2v) is 6.74. The number of fused-ring (bicyclic) bond motifs is 1. The average molecular weight is 366 g/mol.